The minimum Gasteiger partial charge on any atom is -0.444 e. The van der Waals surface area contributed by atoms with E-state index in [1.807, 2.05) is 38.1 Å². The molecule has 0 atom stereocenters. The van der Waals surface area contributed by atoms with E-state index in [1.54, 1.807) is 6.26 Å². The lowest BCUT2D eigenvalue weighted by molar-refractivity contribution is 0.572. The zero-order chi connectivity index (χ0) is 19.0. The number of rotatable bonds is 8. The summed E-state index contributed by atoms with van der Waals surface area (Å²) in [5.41, 5.74) is 2.84. The Balaban J connectivity index is 1.93. The largest absolute Gasteiger partial charge is 0.444 e. The SMILES string of the molecule is CCNC(=NCc1coc(-c2ccc(C)cc2)n1)NCCCS(C)(=O)=O. The van der Waals surface area contributed by atoms with E-state index < -0.39 is 9.84 Å². The molecule has 0 amide bonds. The molecule has 0 radical (unpaired) electrons. The number of benzene rings is 1. The summed E-state index contributed by atoms with van der Waals surface area (Å²) in [6.45, 7) is 5.62. The molecular weight excluding hydrogens is 352 g/mol. The van der Waals surface area contributed by atoms with Gasteiger partial charge in [0, 0.05) is 24.9 Å². The van der Waals surface area contributed by atoms with Gasteiger partial charge >= 0.3 is 0 Å². The third-order valence-electron chi connectivity index (χ3n) is 3.58. The lowest BCUT2D eigenvalue weighted by atomic mass is 10.1. The standard InChI is InChI=1S/C18H26N4O3S/c1-4-19-18(20-10-5-11-26(3,23)24)21-12-16-13-25-17(22-16)15-8-6-14(2)7-9-15/h6-9,13H,4-5,10-12H2,1-3H3,(H2,19,20,21). The predicted molar refractivity (Wildman–Crippen MR) is 104 cm³/mol. The molecule has 7 nitrogen and oxygen atoms in total. The monoisotopic (exact) mass is 378 g/mol. The Hall–Kier alpha value is -2.35. The fraction of sp³-hybridized carbons (Fsp3) is 0.444. The first-order valence-corrected chi connectivity index (χ1v) is 10.6. The summed E-state index contributed by atoms with van der Waals surface area (Å²) in [6, 6.07) is 7.98. The van der Waals surface area contributed by atoms with Crippen molar-refractivity contribution in [2.24, 2.45) is 4.99 Å². The van der Waals surface area contributed by atoms with Crippen molar-refractivity contribution in [2.45, 2.75) is 26.8 Å². The average molecular weight is 378 g/mol. The maximum atomic E-state index is 11.2. The molecule has 0 saturated carbocycles. The van der Waals surface area contributed by atoms with Gasteiger partial charge in [-0.15, -0.1) is 0 Å². The van der Waals surface area contributed by atoms with Crippen LogP contribution in [0.4, 0.5) is 0 Å². The fourth-order valence-electron chi connectivity index (χ4n) is 2.25. The van der Waals surface area contributed by atoms with Crippen LogP contribution in [0.3, 0.4) is 0 Å². The van der Waals surface area contributed by atoms with Gasteiger partial charge in [0.25, 0.3) is 0 Å². The average Bonchev–Trinajstić information content (AvgIpc) is 3.05. The number of nitrogens with one attached hydrogen (secondary N) is 2. The number of aryl methyl sites for hydroxylation is 1. The zero-order valence-corrected chi connectivity index (χ0v) is 16.3. The van der Waals surface area contributed by atoms with Crippen molar-refractivity contribution in [1.29, 1.82) is 0 Å². The summed E-state index contributed by atoms with van der Waals surface area (Å²) < 4.78 is 27.8. The molecule has 2 N–H and O–H groups in total. The number of sulfone groups is 1. The first kappa shape index (κ1) is 20.0. The van der Waals surface area contributed by atoms with Crippen LogP contribution in [0.2, 0.25) is 0 Å². The summed E-state index contributed by atoms with van der Waals surface area (Å²) >= 11 is 0. The highest BCUT2D eigenvalue weighted by molar-refractivity contribution is 7.90. The van der Waals surface area contributed by atoms with Crippen LogP contribution < -0.4 is 10.6 Å². The van der Waals surface area contributed by atoms with Crippen LogP contribution in [0.5, 0.6) is 0 Å². The lowest BCUT2D eigenvalue weighted by Gasteiger charge is -2.10. The quantitative estimate of drug-likeness (QED) is 0.415. The molecule has 26 heavy (non-hydrogen) atoms. The molecule has 1 aromatic carbocycles. The molecule has 1 aromatic heterocycles. The second-order valence-electron chi connectivity index (χ2n) is 6.12. The highest BCUT2D eigenvalue weighted by Crippen LogP contribution is 2.19. The number of aliphatic imine (C=N–C) groups is 1. The van der Waals surface area contributed by atoms with E-state index in [2.05, 4.69) is 20.6 Å². The second-order valence-corrected chi connectivity index (χ2v) is 8.38. The van der Waals surface area contributed by atoms with E-state index in [0.717, 1.165) is 11.3 Å². The highest BCUT2D eigenvalue weighted by atomic mass is 32.2. The summed E-state index contributed by atoms with van der Waals surface area (Å²) in [4.78, 5) is 8.92. The minimum absolute atomic E-state index is 0.155. The van der Waals surface area contributed by atoms with E-state index >= 15 is 0 Å². The number of hydrogen-bond acceptors (Lipinski definition) is 5. The zero-order valence-electron chi connectivity index (χ0n) is 15.4. The predicted octanol–water partition coefficient (Wildman–Crippen LogP) is 2.14. The molecule has 0 spiro atoms. The minimum atomic E-state index is -2.94. The van der Waals surface area contributed by atoms with Gasteiger partial charge in [-0.05, 0) is 32.4 Å². The Morgan fingerprint density at radius 2 is 1.96 bits per heavy atom. The summed E-state index contributed by atoms with van der Waals surface area (Å²) in [7, 11) is -2.94. The lowest BCUT2D eigenvalue weighted by Crippen LogP contribution is -2.38. The van der Waals surface area contributed by atoms with Gasteiger partial charge in [0.2, 0.25) is 5.89 Å². The van der Waals surface area contributed by atoms with Crippen molar-refractivity contribution < 1.29 is 12.8 Å². The normalized spacial score (nSPS) is 12.2. The van der Waals surface area contributed by atoms with Gasteiger partial charge < -0.3 is 15.1 Å². The second kappa shape index (κ2) is 9.38. The molecule has 0 aliphatic heterocycles. The summed E-state index contributed by atoms with van der Waals surface area (Å²) in [5.74, 6) is 1.35. The van der Waals surface area contributed by atoms with Crippen molar-refractivity contribution in [1.82, 2.24) is 15.6 Å². The molecule has 142 valence electrons. The number of oxazole rings is 1. The van der Waals surface area contributed by atoms with Crippen molar-refractivity contribution in [3.63, 3.8) is 0 Å². The maximum absolute atomic E-state index is 11.2. The van der Waals surface area contributed by atoms with E-state index in [4.69, 9.17) is 4.42 Å². The molecule has 1 heterocycles. The molecule has 0 aliphatic carbocycles. The van der Waals surface area contributed by atoms with Crippen molar-refractivity contribution in [2.75, 3.05) is 25.1 Å². The number of nitrogens with zero attached hydrogens (tertiary/aromatic N) is 2. The van der Waals surface area contributed by atoms with E-state index in [1.165, 1.54) is 11.8 Å². The van der Waals surface area contributed by atoms with Crippen molar-refractivity contribution >= 4 is 15.8 Å². The van der Waals surface area contributed by atoms with Gasteiger partial charge in [-0.1, -0.05) is 17.7 Å². The smallest absolute Gasteiger partial charge is 0.226 e. The third kappa shape index (κ3) is 6.87. The molecule has 0 saturated heterocycles. The van der Waals surface area contributed by atoms with Gasteiger partial charge in [-0.3, -0.25) is 0 Å². The van der Waals surface area contributed by atoms with E-state index in [9.17, 15) is 8.42 Å². The van der Waals surface area contributed by atoms with Crippen molar-refractivity contribution in [3.05, 3.63) is 41.8 Å². The molecule has 0 unspecified atom stereocenters. The maximum Gasteiger partial charge on any atom is 0.226 e. The summed E-state index contributed by atoms with van der Waals surface area (Å²) in [5, 5.41) is 6.25. The summed E-state index contributed by atoms with van der Waals surface area (Å²) in [6.07, 6.45) is 3.37. The van der Waals surface area contributed by atoms with Gasteiger partial charge in [0.15, 0.2) is 5.96 Å². The van der Waals surface area contributed by atoms with Crippen LogP contribution in [0.25, 0.3) is 11.5 Å². The fourth-order valence-corrected chi connectivity index (χ4v) is 2.92. The Morgan fingerprint density at radius 1 is 1.23 bits per heavy atom. The van der Waals surface area contributed by atoms with Crippen LogP contribution in [0.15, 0.2) is 39.9 Å². The van der Waals surface area contributed by atoms with Crippen LogP contribution in [-0.2, 0) is 16.4 Å². The third-order valence-corrected chi connectivity index (χ3v) is 4.61. The molecule has 0 bridgehead atoms. The Morgan fingerprint density at radius 3 is 2.62 bits per heavy atom. The van der Waals surface area contributed by atoms with Crippen LogP contribution in [0, 0.1) is 6.92 Å². The molecule has 8 heteroatoms. The van der Waals surface area contributed by atoms with Crippen LogP contribution >= 0.6 is 0 Å². The Labute approximate surface area is 154 Å². The topological polar surface area (TPSA) is 96.6 Å². The van der Waals surface area contributed by atoms with Gasteiger partial charge in [0.1, 0.15) is 21.8 Å². The van der Waals surface area contributed by atoms with Gasteiger partial charge in [0.05, 0.1) is 12.3 Å². The highest BCUT2D eigenvalue weighted by Gasteiger charge is 2.07. The first-order valence-electron chi connectivity index (χ1n) is 8.58. The molecule has 0 fully saturated rings. The van der Waals surface area contributed by atoms with E-state index in [0.29, 0.717) is 37.9 Å². The molecular formula is C18H26N4O3S. The van der Waals surface area contributed by atoms with Crippen molar-refractivity contribution in [3.8, 4) is 11.5 Å². The molecule has 2 rings (SSSR count). The van der Waals surface area contributed by atoms with E-state index in [-0.39, 0.29) is 5.75 Å². The Kier molecular flexibility index (Phi) is 7.20. The molecule has 0 aliphatic rings. The van der Waals surface area contributed by atoms with Gasteiger partial charge in [-0.2, -0.15) is 0 Å². The van der Waals surface area contributed by atoms with Crippen LogP contribution in [0.1, 0.15) is 24.6 Å². The Bertz CT molecular complexity index is 826. The number of guanidine groups is 1. The molecule has 2 aromatic rings. The van der Waals surface area contributed by atoms with Crippen LogP contribution in [-0.4, -0.2) is 44.5 Å². The number of aromatic nitrogens is 1. The number of hydrogen-bond donors (Lipinski definition) is 2. The first-order chi connectivity index (χ1) is 12.4. The van der Waals surface area contributed by atoms with Gasteiger partial charge in [-0.25, -0.2) is 18.4 Å².